The molecule has 2 aromatic heterocycles. The second-order valence-corrected chi connectivity index (χ2v) is 9.23. The highest BCUT2D eigenvalue weighted by atomic mass is 19.1. The minimum absolute atomic E-state index is 0.0266. The van der Waals surface area contributed by atoms with Crippen molar-refractivity contribution in [3.05, 3.63) is 78.1 Å². The van der Waals surface area contributed by atoms with Gasteiger partial charge in [-0.3, -0.25) is 19.4 Å². The third-order valence-corrected chi connectivity index (χ3v) is 6.67. The number of methoxy groups -OCH3 is 1. The molecular formula is C28H23F2N5O5. The Morgan fingerprint density at radius 1 is 1.02 bits per heavy atom. The number of hydrogen-bond donors (Lipinski definition) is 2. The van der Waals surface area contributed by atoms with E-state index < -0.39 is 40.7 Å². The largest absolute Gasteiger partial charge is 0.496 e. The standard InChI is InChI=1S/C28H23F2N5O5/c1-35(17-5-3-15(29)4-6-17)27(38)28(8-9-28)26(37)34-16-11-20(30)25(33-14-16)40-22-7-10-32-21-13-23(39-2)19(24(31)36)12-18(21)22/h3-7,10-14H,8-9H2,1-2H3,(H2,31,36)(H,34,37). The molecule has 40 heavy (non-hydrogen) atoms. The molecule has 0 unspecified atom stereocenters. The summed E-state index contributed by atoms with van der Waals surface area (Å²) < 4.78 is 39.1. The van der Waals surface area contributed by atoms with Crippen LogP contribution in [0.4, 0.5) is 20.2 Å². The lowest BCUT2D eigenvalue weighted by Gasteiger charge is -2.23. The minimum Gasteiger partial charge on any atom is -0.496 e. The van der Waals surface area contributed by atoms with E-state index in [1.54, 1.807) is 0 Å². The average Bonchev–Trinajstić information content (AvgIpc) is 3.76. The van der Waals surface area contributed by atoms with Crippen molar-refractivity contribution in [1.29, 1.82) is 0 Å². The van der Waals surface area contributed by atoms with E-state index in [9.17, 15) is 18.8 Å². The molecule has 4 aromatic rings. The summed E-state index contributed by atoms with van der Waals surface area (Å²) in [4.78, 5) is 47.5. The molecule has 12 heteroatoms. The van der Waals surface area contributed by atoms with E-state index in [1.165, 1.54) is 73.9 Å². The van der Waals surface area contributed by atoms with Crippen LogP contribution in [-0.2, 0) is 9.59 Å². The molecule has 0 saturated heterocycles. The summed E-state index contributed by atoms with van der Waals surface area (Å²) in [6.45, 7) is 0. The zero-order valence-electron chi connectivity index (χ0n) is 21.4. The van der Waals surface area contributed by atoms with Gasteiger partial charge in [-0.05, 0) is 49.2 Å². The summed E-state index contributed by atoms with van der Waals surface area (Å²) in [5.74, 6) is -3.13. The molecule has 204 valence electrons. The highest BCUT2D eigenvalue weighted by Crippen LogP contribution is 2.48. The molecule has 1 aliphatic carbocycles. The van der Waals surface area contributed by atoms with Crippen molar-refractivity contribution in [1.82, 2.24) is 9.97 Å². The first-order valence-corrected chi connectivity index (χ1v) is 12.1. The number of anilines is 2. The van der Waals surface area contributed by atoms with Gasteiger partial charge < -0.3 is 25.4 Å². The van der Waals surface area contributed by atoms with E-state index in [1.807, 2.05) is 0 Å². The predicted octanol–water partition coefficient (Wildman–Crippen LogP) is 4.19. The van der Waals surface area contributed by atoms with Gasteiger partial charge in [-0.1, -0.05) is 0 Å². The Hall–Kier alpha value is -5.13. The maximum absolute atomic E-state index is 15.0. The number of carbonyl (C=O) groups excluding carboxylic acids is 3. The van der Waals surface area contributed by atoms with Gasteiger partial charge in [-0.25, -0.2) is 13.8 Å². The Morgan fingerprint density at radius 3 is 2.38 bits per heavy atom. The number of amides is 3. The summed E-state index contributed by atoms with van der Waals surface area (Å²) in [6.07, 6.45) is 3.26. The summed E-state index contributed by atoms with van der Waals surface area (Å²) >= 11 is 0. The van der Waals surface area contributed by atoms with Gasteiger partial charge in [0.25, 0.3) is 11.8 Å². The van der Waals surface area contributed by atoms with Gasteiger partial charge in [0.15, 0.2) is 5.82 Å². The van der Waals surface area contributed by atoms with Crippen LogP contribution in [0.5, 0.6) is 17.4 Å². The fraction of sp³-hybridized carbons (Fsp3) is 0.179. The minimum atomic E-state index is -1.32. The number of hydrogen-bond acceptors (Lipinski definition) is 7. The van der Waals surface area contributed by atoms with Crippen LogP contribution >= 0.6 is 0 Å². The Balaban J connectivity index is 1.34. The number of rotatable bonds is 8. The van der Waals surface area contributed by atoms with Crippen LogP contribution in [0.2, 0.25) is 0 Å². The Bertz CT molecular complexity index is 1660. The number of nitrogens with zero attached hydrogens (tertiary/aromatic N) is 3. The first kappa shape index (κ1) is 26.5. The lowest BCUT2D eigenvalue weighted by molar-refractivity contribution is -0.132. The van der Waals surface area contributed by atoms with Gasteiger partial charge in [0.2, 0.25) is 11.8 Å². The van der Waals surface area contributed by atoms with Crippen LogP contribution in [0.1, 0.15) is 23.2 Å². The quantitative estimate of drug-likeness (QED) is 0.316. The fourth-order valence-corrected chi connectivity index (χ4v) is 4.29. The summed E-state index contributed by atoms with van der Waals surface area (Å²) in [5.41, 5.74) is 5.09. The zero-order valence-corrected chi connectivity index (χ0v) is 21.4. The van der Waals surface area contributed by atoms with E-state index in [0.717, 1.165) is 6.07 Å². The predicted molar refractivity (Wildman–Crippen MR) is 141 cm³/mol. The topological polar surface area (TPSA) is 137 Å². The first-order valence-electron chi connectivity index (χ1n) is 12.1. The molecule has 1 saturated carbocycles. The van der Waals surface area contributed by atoms with Crippen LogP contribution in [0.3, 0.4) is 0 Å². The summed E-state index contributed by atoms with van der Waals surface area (Å²) in [5, 5.41) is 2.93. The lowest BCUT2D eigenvalue weighted by atomic mass is 10.0. The highest BCUT2D eigenvalue weighted by Gasteiger charge is 2.57. The molecule has 2 aromatic carbocycles. The van der Waals surface area contributed by atoms with Crippen molar-refractivity contribution in [2.24, 2.45) is 11.1 Å². The van der Waals surface area contributed by atoms with Gasteiger partial charge in [0.05, 0.1) is 30.1 Å². The number of fused-ring (bicyclic) bond motifs is 1. The van der Waals surface area contributed by atoms with Crippen molar-refractivity contribution < 1.29 is 32.6 Å². The smallest absolute Gasteiger partial charge is 0.256 e. The van der Waals surface area contributed by atoms with Crippen LogP contribution in [0.25, 0.3) is 10.9 Å². The average molecular weight is 548 g/mol. The molecule has 0 aliphatic heterocycles. The van der Waals surface area contributed by atoms with Gasteiger partial charge in [0, 0.05) is 36.5 Å². The number of halogens is 2. The number of carbonyl (C=O) groups is 3. The molecule has 2 heterocycles. The second-order valence-electron chi connectivity index (χ2n) is 9.23. The number of benzene rings is 2. The van der Waals surface area contributed by atoms with Gasteiger partial charge >= 0.3 is 0 Å². The van der Waals surface area contributed by atoms with E-state index in [0.29, 0.717) is 29.4 Å². The molecule has 1 fully saturated rings. The maximum atomic E-state index is 15.0. The first-order chi connectivity index (χ1) is 19.1. The number of pyridine rings is 2. The lowest BCUT2D eigenvalue weighted by Crippen LogP contribution is -2.41. The van der Waals surface area contributed by atoms with Gasteiger partial charge in [0.1, 0.15) is 22.7 Å². The molecule has 0 bridgehead atoms. The Morgan fingerprint density at radius 2 is 1.75 bits per heavy atom. The van der Waals surface area contributed by atoms with E-state index in [-0.39, 0.29) is 22.7 Å². The van der Waals surface area contributed by atoms with Crippen LogP contribution < -0.4 is 25.4 Å². The van der Waals surface area contributed by atoms with Crippen molar-refractivity contribution in [2.45, 2.75) is 12.8 Å². The van der Waals surface area contributed by atoms with Crippen molar-refractivity contribution in [2.75, 3.05) is 24.4 Å². The summed E-state index contributed by atoms with van der Waals surface area (Å²) in [7, 11) is 2.89. The van der Waals surface area contributed by atoms with Crippen LogP contribution in [0.15, 0.2) is 60.9 Å². The van der Waals surface area contributed by atoms with Crippen LogP contribution in [-0.4, -0.2) is 41.8 Å². The third-order valence-electron chi connectivity index (χ3n) is 6.67. The molecular weight excluding hydrogens is 524 g/mol. The fourth-order valence-electron chi connectivity index (χ4n) is 4.29. The molecule has 0 atom stereocenters. The number of ether oxygens (including phenoxy) is 2. The maximum Gasteiger partial charge on any atom is 0.256 e. The van der Waals surface area contributed by atoms with Gasteiger partial charge in [-0.15, -0.1) is 0 Å². The van der Waals surface area contributed by atoms with Crippen molar-refractivity contribution in [3.8, 4) is 17.4 Å². The second kappa shape index (κ2) is 10.2. The molecule has 0 spiro atoms. The van der Waals surface area contributed by atoms with Gasteiger partial charge in [-0.2, -0.15) is 0 Å². The number of primary amides is 1. The van der Waals surface area contributed by atoms with Crippen molar-refractivity contribution in [3.63, 3.8) is 0 Å². The van der Waals surface area contributed by atoms with E-state index in [2.05, 4.69) is 15.3 Å². The van der Waals surface area contributed by atoms with E-state index in [4.69, 9.17) is 15.2 Å². The molecule has 0 radical (unpaired) electrons. The normalized spacial score (nSPS) is 13.4. The SMILES string of the molecule is COc1cc2nccc(Oc3ncc(NC(=O)C4(C(=O)N(C)c5ccc(F)cc5)CC4)cc3F)c2cc1C(N)=O. The molecule has 1 aliphatic rings. The third kappa shape index (κ3) is 4.86. The zero-order chi connectivity index (χ0) is 28.6. The van der Waals surface area contributed by atoms with E-state index >= 15 is 4.39 Å². The molecule has 5 rings (SSSR count). The molecule has 3 N–H and O–H groups in total. The van der Waals surface area contributed by atoms with Crippen LogP contribution in [0, 0.1) is 17.0 Å². The Labute approximate surface area is 226 Å². The Kier molecular flexibility index (Phi) is 6.76. The number of aromatic nitrogens is 2. The van der Waals surface area contributed by atoms with Crippen molar-refractivity contribution >= 4 is 40.0 Å². The molecule has 3 amide bonds. The summed E-state index contributed by atoms with van der Waals surface area (Å²) in [6, 6.07) is 10.8. The number of nitrogens with two attached hydrogens (primary N) is 1. The number of nitrogens with one attached hydrogen (secondary N) is 1. The highest BCUT2D eigenvalue weighted by molar-refractivity contribution is 6.17. The molecule has 10 nitrogen and oxygen atoms in total. The monoisotopic (exact) mass is 547 g/mol.